The van der Waals surface area contributed by atoms with Crippen LogP contribution in [0.25, 0.3) is 0 Å². The fourth-order valence-corrected chi connectivity index (χ4v) is 2.05. The van der Waals surface area contributed by atoms with Gasteiger partial charge in [-0.25, -0.2) is 0 Å². The maximum absolute atomic E-state index is 12.5. The van der Waals surface area contributed by atoms with Crippen LogP contribution in [0.5, 0.6) is 0 Å². The number of anilines is 2. The highest BCUT2D eigenvalue weighted by molar-refractivity contribution is 7.80. The topological polar surface area (TPSA) is 24.1 Å². The van der Waals surface area contributed by atoms with Crippen molar-refractivity contribution in [3.05, 3.63) is 59.1 Å². The van der Waals surface area contributed by atoms with Crippen LogP contribution < -0.4 is 10.6 Å². The molecule has 0 unspecified atom stereocenters. The van der Waals surface area contributed by atoms with Crippen molar-refractivity contribution in [3.8, 4) is 0 Å². The van der Waals surface area contributed by atoms with Crippen LogP contribution in [0, 0.1) is 0 Å². The molecule has 0 amide bonds. The Morgan fingerprint density at radius 2 is 1.67 bits per heavy atom. The third kappa shape index (κ3) is 4.34. The SMILES string of the molecule is FC(F)(F)c1ccc(NC(=S)Nc2ccccc2)c(Cl)c1. The highest BCUT2D eigenvalue weighted by atomic mass is 35.5. The molecule has 0 spiro atoms. The van der Waals surface area contributed by atoms with Crippen LogP contribution in [0.4, 0.5) is 24.5 Å². The van der Waals surface area contributed by atoms with Gasteiger partial charge in [-0.05, 0) is 42.5 Å². The van der Waals surface area contributed by atoms with E-state index in [-0.39, 0.29) is 10.1 Å². The molecule has 0 aromatic heterocycles. The van der Waals surface area contributed by atoms with Gasteiger partial charge in [0.15, 0.2) is 5.11 Å². The smallest absolute Gasteiger partial charge is 0.332 e. The predicted molar refractivity (Wildman–Crippen MR) is 82.7 cm³/mol. The summed E-state index contributed by atoms with van der Waals surface area (Å²) in [5.74, 6) is 0. The average molecular weight is 331 g/mol. The summed E-state index contributed by atoms with van der Waals surface area (Å²) in [6.45, 7) is 0. The van der Waals surface area contributed by atoms with Crippen molar-refractivity contribution in [1.29, 1.82) is 0 Å². The van der Waals surface area contributed by atoms with Gasteiger partial charge in [-0.2, -0.15) is 13.2 Å². The van der Waals surface area contributed by atoms with Gasteiger partial charge in [0.25, 0.3) is 0 Å². The van der Waals surface area contributed by atoms with Crippen LogP contribution in [0.15, 0.2) is 48.5 Å². The summed E-state index contributed by atoms with van der Waals surface area (Å²) in [4.78, 5) is 0. The van der Waals surface area contributed by atoms with Crippen LogP contribution in [-0.2, 0) is 6.18 Å². The Labute approximate surface area is 129 Å². The van der Waals surface area contributed by atoms with Gasteiger partial charge in [0.1, 0.15) is 0 Å². The van der Waals surface area contributed by atoms with E-state index in [1.54, 1.807) is 0 Å². The maximum atomic E-state index is 12.5. The third-order valence-electron chi connectivity index (χ3n) is 2.58. The molecule has 0 heterocycles. The number of hydrogen-bond acceptors (Lipinski definition) is 1. The second-order valence-corrected chi connectivity index (χ2v) is 4.95. The van der Waals surface area contributed by atoms with E-state index < -0.39 is 11.7 Å². The molecule has 2 nitrogen and oxygen atoms in total. The molecular weight excluding hydrogens is 321 g/mol. The minimum atomic E-state index is -4.43. The van der Waals surface area contributed by atoms with E-state index in [1.807, 2.05) is 30.3 Å². The number of thiocarbonyl (C=S) groups is 1. The van der Waals surface area contributed by atoms with E-state index >= 15 is 0 Å². The fourth-order valence-electron chi connectivity index (χ4n) is 1.60. The molecule has 0 atom stereocenters. The summed E-state index contributed by atoms with van der Waals surface area (Å²) in [6, 6.07) is 12.2. The molecule has 0 radical (unpaired) electrons. The van der Waals surface area contributed by atoms with Crippen molar-refractivity contribution in [2.24, 2.45) is 0 Å². The van der Waals surface area contributed by atoms with Crippen LogP contribution in [0.1, 0.15) is 5.56 Å². The highest BCUT2D eigenvalue weighted by Gasteiger charge is 2.30. The summed E-state index contributed by atoms with van der Waals surface area (Å²) in [5, 5.41) is 5.85. The first-order valence-electron chi connectivity index (χ1n) is 5.86. The lowest BCUT2D eigenvalue weighted by atomic mass is 10.2. The molecule has 2 aromatic rings. The lowest BCUT2D eigenvalue weighted by Gasteiger charge is -2.13. The first-order chi connectivity index (χ1) is 9.86. The standard InChI is InChI=1S/C14H10ClF3N2S/c15-11-8-9(14(16,17)18)6-7-12(11)20-13(21)19-10-4-2-1-3-5-10/h1-8H,(H2,19,20,21). The number of nitrogens with one attached hydrogen (secondary N) is 2. The van der Waals surface area contributed by atoms with Gasteiger partial charge in [0.2, 0.25) is 0 Å². The molecule has 21 heavy (non-hydrogen) atoms. The molecule has 0 fully saturated rings. The Morgan fingerprint density at radius 1 is 1.00 bits per heavy atom. The molecular formula is C14H10ClF3N2S. The zero-order chi connectivity index (χ0) is 15.5. The molecule has 0 saturated carbocycles. The number of hydrogen-bond donors (Lipinski definition) is 2. The van der Waals surface area contributed by atoms with Crippen LogP contribution >= 0.6 is 23.8 Å². The zero-order valence-corrected chi connectivity index (χ0v) is 12.1. The normalized spacial score (nSPS) is 11.0. The Morgan fingerprint density at radius 3 is 2.24 bits per heavy atom. The summed E-state index contributed by atoms with van der Waals surface area (Å²) in [5.41, 5.74) is 0.260. The second kappa shape index (κ2) is 6.32. The molecule has 0 aliphatic heterocycles. The van der Waals surface area contributed by atoms with Gasteiger partial charge in [-0.15, -0.1) is 0 Å². The Kier molecular flexibility index (Phi) is 4.69. The van der Waals surface area contributed by atoms with E-state index in [0.717, 1.165) is 17.8 Å². The molecule has 0 aliphatic rings. The van der Waals surface area contributed by atoms with E-state index in [1.165, 1.54) is 6.07 Å². The largest absolute Gasteiger partial charge is 0.416 e. The lowest BCUT2D eigenvalue weighted by Crippen LogP contribution is -2.19. The first-order valence-corrected chi connectivity index (χ1v) is 6.64. The van der Waals surface area contributed by atoms with Crippen LogP contribution in [0.3, 0.4) is 0 Å². The van der Waals surface area contributed by atoms with Gasteiger partial charge in [0.05, 0.1) is 16.3 Å². The van der Waals surface area contributed by atoms with Gasteiger partial charge >= 0.3 is 6.18 Å². The van der Waals surface area contributed by atoms with Crippen molar-refractivity contribution in [1.82, 2.24) is 0 Å². The van der Waals surface area contributed by atoms with E-state index in [9.17, 15) is 13.2 Å². The zero-order valence-electron chi connectivity index (χ0n) is 10.5. The molecule has 0 bridgehead atoms. The lowest BCUT2D eigenvalue weighted by molar-refractivity contribution is -0.137. The Balaban J connectivity index is 2.08. The third-order valence-corrected chi connectivity index (χ3v) is 3.09. The van der Waals surface area contributed by atoms with Gasteiger partial charge in [0, 0.05) is 5.69 Å². The Hall–Kier alpha value is -1.79. The average Bonchev–Trinajstić information content (AvgIpc) is 2.41. The fraction of sp³-hybridized carbons (Fsp3) is 0.0714. The van der Waals surface area contributed by atoms with Crippen molar-refractivity contribution < 1.29 is 13.2 Å². The minimum absolute atomic E-state index is 0.0537. The van der Waals surface area contributed by atoms with Crippen LogP contribution in [-0.4, -0.2) is 5.11 Å². The van der Waals surface area contributed by atoms with Gasteiger partial charge in [-0.1, -0.05) is 29.8 Å². The summed E-state index contributed by atoms with van der Waals surface area (Å²) >= 11 is 10.9. The van der Waals surface area contributed by atoms with E-state index in [2.05, 4.69) is 10.6 Å². The minimum Gasteiger partial charge on any atom is -0.332 e. The second-order valence-electron chi connectivity index (χ2n) is 4.14. The number of rotatable bonds is 2. The molecule has 2 rings (SSSR count). The molecule has 110 valence electrons. The number of halogens is 4. The number of benzene rings is 2. The first kappa shape index (κ1) is 15.6. The van der Waals surface area contributed by atoms with Crippen molar-refractivity contribution >= 4 is 40.3 Å². The quantitative estimate of drug-likeness (QED) is 0.743. The van der Waals surface area contributed by atoms with Crippen LogP contribution in [0.2, 0.25) is 5.02 Å². The maximum Gasteiger partial charge on any atom is 0.416 e. The van der Waals surface area contributed by atoms with Crippen molar-refractivity contribution in [2.45, 2.75) is 6.18 Å². The molecule has 7 heteroatoms. The van der Waals surface area contributed by atoms with E-state index in [0.29, 0.717) is 5.69 Å². The van der Waals surface area contributed by atoms with E-state index in [4.69, 9.17) is 23.8 Å². The number of alkyl halides is 3. The Bertz CT molecular complexity index is 644. The molecule has 0 saturated heterocycles. The predicted octanol–water partition coefficient (Wildman–Crippen LogP) is 5.17. The van der Waals surface area contributed by atoms with Gasteiger partial charge < -0.3 is 10.6 Å². The summed E-state index contributed by atoms with van der Waals surface area (Å²) in [6.07, 6.45) is -4.43. The monoisotopic (exact) mass is 330 g/mol. The number of para-hydroxylation sites is 1. The van der Waals surface area contributed by atoms with Crippen molar-refractivity contribution in [3.63, 3.8) is 0 Å². The van der Waals surface area contributed by atoms with Crippen molar-refractivity contribution in [2.75, 3.05) is 10.6 Å². The summed E-state index contributed by atoms with van der Waals surface area (Å²) < 4.78 is 37.6. The molecule has 2 aromatic carbocycles. The molecule has 0 aliphatic carbocycles. The summed E-state index contributed by atoms with van der Waals surface area (Å²) in [7, 11) is 0. The van der Waals surface area contributed by atoms with Gasteiger partial charge in [-0.3, -0.25) is 0 Å². The highest BCUT2D eigenvalue weighted by Crippen LogP contribution is 2.33. The molecule has 2 N–H and O–H groups in total.